The van der Waals surface area contributed by atoms with Gasteiger partial charge in [-0.2, -0.15) is 0 Å². The highest BCUT2D eigenvalue weighted by Gasteiger charge is 2.24. The molecule has 5 heteroatoms. The first-order valence-corrected chi connectivity index (χ1v) is 6.24. The number of amides is 1. The Bertz CT molecular complexity index is 633. The lowest BCUT2D eigenvalue weighted by atomic mass is 10.1. The second-order valence-electron chi connectivity index (χ2n) is 4.73. The largest absolute Gasteiger partial charge is 0.507 e. The van der Waals surface area contributed by atoms with Gasteiger partial charge in [0.1, 0.15) is 11.6 Å². The molecule has 1 amide bonds. The maximum atomic E-state index is 12.4. The Kier molecular flexibility index (Phi) is 2.74. The zero-order valence-electron chi connectivity index (χ0n) is 10.7. The van der Waals surface area contributed by atoms with Crippen LogP contribution in [0, 0.1) is 6.92 Å². The van der Waals surface area contributed by atoms with Crippen LogP contribution in [0.15, 0.2) is 30.6 Å². The van der Waals surface area contributed by atoms with Crippen molar-refractivity contribution in [1.82, 2.24) is 14.5 Å². The number of nitrogens with zero attached hydrogens (tertiary/aromatic N) is 3. The summed E-state index contributed by atoms with van der Waals surface area (Å²) in [5.41, 5.74) is 1.07. The van der Waals surface area contributed by atoms with Crippen molar-refractivity contribution in [3.05, 3.63) is 47.5 Å². The highest BCUT2D eigenvalue weighted by atomic mass is 16.3. The van der Waals surface area contributed by atoms with E-state index >= 15 is 0 Å². The van der Waals surface area contributed by atoms with Gasteiger partial charge >= 0.3 is 0 Å². The number of imidazole rings is 1. The molecule has 0 saturated heterocycles. The fourth-order valence-corrected chi connectivity index (χ4v) is 2.35. The van der Waals surface area contributed by atoms with E-state index in [1.165, 1.54) is 0 Å². The second-order valence-corrected chi connectivity index (χ2v) is 4.73. The first-order valence-electron chi connectivity index (χ1n) is 6.24. The van der Waals surface area contributed by atoms with Crippen molar-refractivity contribution in [3.63, 3.8) is 0 Å². The number of aromatic nitrogens is 2. The molecule has 1 N–H and O–H groups in total. The molecule has 3 rings (SSSR count). The van der Waals surface area contributed by atoms with Crippen LogP contribution in [0.1, 0.15) is 21.7 Å². The van der Waals surface area contributed by atoms with Crippen LogP contribution in [0.25, 0.3) is 0 Å². The Morgan fingerprint density at radius 1 is 1.37 bits per heavy atom. The number of carbonyl (C=O) groups excluding carboxylic acids is 1. The molecule has 0 bridgehead atoms. The van der Waals surface area contributed by atoms with E-state index in [1.54, 1.807) is 36.2 Å². The van der Waals surface area contributed by atoms with E-state index in [2.05, 4.69) is 4.98 Å². The van der Waals surface area contributed by atoms with Gasteiger partial charge in [-0.3, -0.25) is 4.79 Å². The third-order valence-corrected chi connectivity index (χ3v) is 3.50. The van der Waals surface area contributed by atoms with Crippen molar-refractivity contribution in [3.8, 4) is 5.75 Å². The topological polar surface area (TPSA) is 58.4 Å². The number of aryl methyl sites for hydroxylation is 1. The Balaban J connectivity index is 1.88. The number of aromatic hydroxyl groups is 1. The van der Waals surface area contributed by atoms with E-state index in [4.69, 9.17) is 0 Å². The van der Waals surface area contributed by atoms with Crippen LogP contribution in [0.5, 0.6) is 5.75 Å². The molecule has 0 unspecified atom stereocenters. The molecule has 0 saturated carbocycles. The molecule has 1 aromatic heterocycles. The molecule has 0 fully saturated rings. The molecule has 19 heavy (non-hydrogen) atoms. The van der Waals surface area contributed by atoms with Crippen molar-refractivity contribution in [2.24, 2.45) is 0 Å². The van der Waals surface area contributed by atoms with Crippen LogP contribution < -0.4 is 0 Å². The predicted octanol–water partition coefficient (Wildman–Crippen LogP) is 1.55. The molecule has 0 spiro atoms. The van der Waals surface area contributed by atoms with Crippen molar-refractivity contribution >= 4 is 5.91 Å². The predicted molar refractivity (Wildman–Crippen MR) is 69.8 cm³/mol. The fraction of sp³-hybridized carbons (Fsp3) is 0.286. The molecule has 0 radical (unpaired) electrons. The van der Waals surface area contributed by atoms with Crippen molar-refractivity contribution in [1.29, 1.82) is 0 Å². The molecule has 2 heterocycles. The molecule has 5 nitrogen and oxygen atoms in total. The summed E-state index contributed by atoms with van der Waals surface area (Å²) in [5.74, 6) is 0.809. The summed E-state index contributed by atoms with van der Waals surface area (Å²) in [6, 6.07) is 5.23. The van der Waals surface area contributed by atoms with Gasteiger partial charge in [0.15, 0.2) is 0 Å². The summed E-state index contributed by atoms with van der Waals surface area (Å²) in [5, 5.41) is 9.99. The van der Waals surface area contributed by atoms with Gasteiger partial charge in [-0.1, -0.05) is 12.1 Å². The molecule has 1 aromatic carbocycles. The lowest BCUT2D eigenvalue weighted by Gasteiger charge is -2.28. The van der Waals surface area contributed by atoms with Gasteiger partial charge in [-0.05, 0) is 18.6 Å². The minimum absolute atomic E-state index is 0.0708. The van der Waals surface area contributed by atoms with Crippen molar-refractivity contribution < 1.29 is 9.90 Å². The highest BCUT2D eigenvalue weighted by molar-refractivity contribution is 5.97. The summed E-state index contributed by atoms with van der Waals surface area (Å²) in [6.07, 6.45) is 3.66. The maximum Gasteiger partial charge on any atom is 0.258 e. The number of carbonyl (C=O) groups is 1. The number of hydrogen-bond acceptors (Lipinski definition) is 3. The number of para-hydroxylation sites is 1. The third kappa shape index (κ3) is 1.97. The van der Waals surface area contributed by atoms with Crippen molar-refractivity contribution in [2.45, 2.75) is 20.0 Å². The van der Waals surface area contributed by atoms with Gasteiger partial charge < -0.3 is 14.6 Å². The van der Waals surface area contributed by atoms with Gasteiger partial charge in [-0.25, -0.2) is 4.98 Å². The molecule has 0 atom stereocenters. The van der Waals surface area contributed by atoms with Gasteiger partial charge in [0.05, 0.1) is 12.1 Å². The Morgan fingerprint density at radius 2 is 2.21 bits per heavy atom. The number of benzene rings is 1. The molecule has 1 aliphatic heterocycles. The average Bonchev–Trinajstić information content (AvgIpc) is 2.88. The normalized spacial score (nSPS) is 14.3. The van der Waals surface area contributed by atoms with E-state index in [0.717, 1.165) is 12.4 Å². The lowest BCUT2D eigenvalue weighted by Crippen LogP contribution is -2.38. The summed E-state index contributed by atoms with van der Waals surface area (Å²) in [4.78, 5) is 18.4. The van der Waals surface area contributed by atoms with E-state index in [0.29, 0.717) is 24.2 Å². The van der Waals surface area contributed by atoms with E-state index in [1.807, 2.05) is 10.8 Å². The number of hydrogen-bond donors (Lipinski definition) is 1. The minimum Gasteiger partial charge on any atom is -0.507 e. The van der Waals surface area contributed by atoms with Gasteiger partial charge in [0, 0.05) is 25.5 Å². The SMILES string of the molecule is Cc1cccc(C(=O)N2CCn3ccnc3C2)c1O. The Morgan fingerprint density at radius 3 is 3.05 bits per heavy atom. The standard InChI is InChI=1S/C14H15N3O2/c1-10-3-2-4-11(13(10)18)14(19)17-8-7-16-6-5-15-12(16)9-17/h2-6,18H,7-9H2,1H3. The van der Waals surface area contributed by atoms with Crippen LogP contribution in [0.3, 0.4) is 0 Å². The summed E-state index contributed by atoms with van der Waals surface area (Å²) in [7, 11) is 0. The minimum atomic E-state index is -0.143. The zero-order valence-corrected chi connectivity index (χ0v) is 10.7. The van der Waals surface area contributed by atoms with Gasteiger partial charge in [0.2, 0.25) is 0 Å². The highest BCUT2D eigenvalue weighted by Crippen LogP contribution is 2.24. The zero-order chi connectivity index (χ0) is 13.4. The fourth-order valence-electron chi connectivity index (χ4n) is 2.35. The summed E-state index contributed by atoms with van der Waals surface area (Å²) in [6.45, 7) is 3.65. The smallest absolute Gasteiger partial charge is 0.258 e. The molecule has 98 valence electrons. The first-order chi connectivity index (χ1) is 9.16. The van der Waals surface area contributed by atoms with Gasteiger partial charge in [0.25, 0.3) is 5.91 Å². The molecular formula is C14H15N3O2. The Hall–Kier alpha value is -2.30. The van der Waals surface area contributed by atoms with E-state index in [9.17, 15) is 9.90 Å². The number of phenols is 1. The monoisotopic (exact) mass is 257 g/mol. The second kappa shape index (κ2) is 4.42. The summed E-state index contributed by atoms with van der Waals surface area (Å²) >= 11 is 0. The molecular weight excluding hydrogens is 242 g/mol. The molecule has 0 aliphatic carbocycles. The van der Waals surface area contributed by atoms with E-state index in [-0.39, 0.29) is 11.7 Å². The Labute approximate surface area is 111 Å². The number of fused-ring (bicyclic) bond motifs is 1. The maximum absolute atomic E-state index is 12.4. The number of phenolic OH excluding ortho intramolecular Hbond substituents is 1. The number of rotatable bonds is 1. The molecule has 2 aromatic rings. The third-order valence-electron chi connectivity index (χ3n) is 3.50. The average molecular weight is 257 g/mol. The van der Waals surface area contributed by atoms with Crippen LogP contribution >= 0.6 is 0 Å². The first kappa shape index (κ1) is 11.8. The van der Waals surface area contributed by atoms with Crippen LogP contribution in [0.2, 0.25) is 0 Å². The van der Waals surface area contributed by atoms with Crippen LogP contribution in [0.4, 0.5) is 0 Å². The van der Waals surface area contributed by atoms with E-state index < -0.39 is 0 Å². The van der Waals surface area contributed by atoms with Crippen LogP contribution in [-0.2, 0) is 13.1 Å². The quantitative estimate of drug-likeness (QED) is 0.843. The van der Waals surface area contributed by atoms with Gasteiger partial charge in [-0.15, -0.1) is 0 Å². The van der Waals surface area contributed by atoms with Crippen molar-refractivity contribution in [2.75, 3.05) is 6.54 Å². The summed E-state index contributed by atoms with van der Waals surface area (Å²) < 4.78 is 2.04. The molecule has 1 aliphatic rings. The lowest BCUT2D eigenvalue weighted by molar-refractivity contribution is 0.0704. The van der Waals surface area contributed by atoms with Crippen LogP contribution in [-0.4, -0.2) is 32.0 Å².